The highest BCUT2D eigenvalue weighted by Crippen LogP contribution is 2.40. The molecule has 1 N–H and O–H groups in total. The number of piperidine rings is 1. The molecular weight excluding hydrogens is 276 g/mol. The van der Waals surface area contributed by atoms with Gasteiger partial charge in [0.2, 0.25) is 11.9 Å². The van der Waals surface area contributed by atoms with Crippen LogP contribution in [0.25, 0.3) is 0 Å². The van der Waals surface area contributed by atoms with Gasteiger partial charge in [0.1, 0.15) is 0 Å². The number of carbonyl (C=O) groups excluding carboxylic acids is 1. The molecular formula is C17H26N4O. The minimum atomic E-state index is -0.629. The molecule has 1 saturated heterocycles. The lowest BCUT2D eigenvalue weighted by atomic mass is 9.72. The van der Waals surface area contributed by atoms with Crippen LogP contribution in [0.3, 0.4) is 0 Å². The Labute approximate surface area is 132 Å². The standard InChI is InChI=1S/C17H26N4O/c1-12-8-13(2)11-21(10-12)16-19-15(22)14(9-18)17(20-16)6-4-3-5-7-17/h12-14H,3-8,10-11H2,1-2H3,(H,19,20,22)/t12-,13+,14-/m1/s1. The first-order valence-electron chi connectivity index (χ1n) is 8.59. The van der Waals surface area contributed by atoms with Crippen LogP contribution in [0.2, 0.25) is 0 Å². The molecule has 5 heteroatoms. The van der Waals surface area contributed by atoms with Gasteiger partial charge in [0.25, 0.3) is 0 Å². The number of rotatable bonds is 0. The minimum absolute atomic E-state index is 0.153. The van der Waals surface area contributed by atoms with Crippen molar-refractivity contribution in [3.05, 3.63) is 0 Å². The number of nitrogens with zero attached hydrogens (tertiary/aromatic N) is 3. The molecule has 3 aliphatic rings. The van der Waals surface area contributed by atoms with Gasteiger partial charge < -0.3 is 4.90 Å². The van der Waals surface area contributed by atoms with Crippen LogP contribution < -0.4 is 5.32 Å². The normalized spacial score (nSPS) is 34.8. The minimum Gasteiger partial charge on any atom is -0.342 e. The zero-order valence-electron chi connectivity index (χ0n) is 13.6. The highest BCUT2D eigenvalue weighted by molar-refractivity contribution is 6.02. The van der Waals surface area contributed by atoms with Crippen molar-refractivity contribution in [3.8, 4) is 6.07 Å². The van der Waals surface area contributed by atoms with E-state index in [1.807, 2.05) is 0 Å². The van der Waals surface area contributed by atoms with Gasteiger partial charge >= 0.3 is 0 Å². The molecule has 1 amide bonds. The van der Waals surface area contributed by atoms with E-state index in [1.165, 1.54) is 12.8 Å². The summed E-state index contributed by atoms with van der Waals surface area (Å²) in [6.07, 6.45) is 6.26. The second-order valence-electron chi connectivity index (χ2n) is 7.50. The van der Waals surface area contributed by atoms with Crippen LogP contribution in [0, 0.1) is 29.1 Å². The number of aliphatic imine (C=N–C) groups is 1. The number of carbonyl (C=O) groups is 1. The third-order valence-electron chi connectivity index (χ3n) is 5.38. The van der Waals surface area contributed by atoms with Crippen molar-refractivity contribution in [2.45, 2.75) is 57.9 Å². The average molecular weight is 302 g/mol. The van der Waals surface area contributed by atoms with E-state index < -0.39 is 11.5 Å². The van der Waals surface area contributed by atoms with Crippen LogP contribution in [0.5, 0.6) is 0 Å². The first kappa shape index (κ1) is 15.3. The van der Waals surface area contributed by atoms with Gasteiger partial charge in [-0.15, -0.1) is 0 Å². The molecule has 22 heavy (non-hydrogen) atoms. The van der Waals surface area contributed by atoms with Crippen molar-refractivity contribution >= 4 is 11.9 Å². The van der Waals surface area contributed by atoms with E-state index in [0.717, 1.165) is 44.7 Å². The van der Waals surface area contributed by atoms with Crippen molar-refractivity contribution in [1.82, 2.24) is 10.2 Å². The maximum absolute atomic E-state index is 12.5. The summed E-state index contributed by atoms with van der Waals surface area (Å²) in [6, 6.07) is 2.22. The molecule has 0 aromatic heterocycles. The van der Waals surface area contributed by atoms with Crippen LogP contribution >= 0.6 is 0 Å². The number of guanidine groups is 1. The van der Waals surface area contributed by atoms with Crippen LogP contribution in [-0.2, 0) is 4.79 Å². The summed E-state index contributed by atoms with van der Waals surface area (Å²) in [5, 5.41) is 12.4. The van der Waals surface area contributed by atoms with E-state index in [2.05, 4.69) is 30.1 Å². The number of hydrogen-bond acceptors (Lipinski definition) is 4. The van der Waals surface area contributed by atoms with Gasteiger partial charge in [-0.3, -0.25) is 10.1 Å². The highest BCUT2D eigenvalue weighted by atomic mass is 16.2. The monoisotopic (exact) mass is 302 g/mol. The fraction of sp³-hybridized carbons (Fsp3) is 0.824. The molecule has 1 spiro atoms. The lowest BCUT2D eigenvalue weighted by molar-refractivity contribution is -0.125. The van der Waals surface area contributed by atoms with Gasteiger partial charge in [-0.05, 0) is 31.1 Å². The van der Waals surface area contributed by atoms with Gasteiger partial charge in [0.05, 0.1) is 11.6 Å². The predicted molar refractivity (Wildman–Crippen MR) is 85.0 cm³/mol. The Morgan fingerprint density at radius 3 is 2.45 bits per heavy atom. The molecule has 0 radical (unpaired) electrons. The van der Waals surface area contributed by atoms with Gasteiger partial charge in [-0.2, -0.15) is 5.26 Å². The molecule has 0 bridgehead atoms. The van der Waals surface area contributed by atoms with Gasteiger partial charge in [-0.1, -0.05) is 33.1 Å². The molecule has 1 aliphatic carbocycles. The first-order chi connectivity index (χ1) is 10.5. The topological polar surface area (TPSA) is 68.5 Å². The first-order valence-corrected chi connectivity index (χ1v) is 8.59. The van der Waals surface area contributed by atoms with Gasteiger partial charge in [0.15, 0.2) is 5.92 Å². The molecule has 2 heterocycles. The summed E-state index contributed by atoms with van der Waals surface area (Å²) < 4.78 is 0. The van der Waals surface area contributed by atoms with Gasteiger partial charge in [0, 0.05) is 13.1 Å². The summed E-state index contributed by atoms with van der Waals surface area (Å²) in [5.74, 6) is 1.16. The summed E-state index contributed by atoms with van der Waals surface area (Å²) in [4.78, 5) is 19.7. The quantitative estimate of drug-likeness (QED) is 0.746. The summed E-state index contributed by atoms with van der Waals surface area (Å²) in [6.45, 7) is 6.39. The zero-order chi connectivity index (χ0) is 15.7. The number of hydrogen-bond donors (Lipinski definition) is 1. The Kier molecular flexibility index (Phi) is 4.12. The van der Waals surface area contributed by atoms with Gasteiger partial charge in [-0.25, -0.2) is 4.99 Å². The molecule has 1 saturated carbocycles. The van der Waals surface area contributed by atoms with Crippen molar-refractivity contribution < 1.29 is 4.79 Å². The number of amides is 1. The zero-order valence-corrected chi connectivity index (χ0v) is 13.6. The highest BCUT2D eigenvalue weighted by Gasteiger charge is 2.48. The van der Waals surface area contributed by atoms with Crippen molar-refractivity contribution in [3.63, 3.8) is 0 Å². The van der Waals surface area contributed by atoms with Crippen molar-refractivity contribution in [2.24, 2.45) is 22.7 Å². The second kappa shape index (κ2) is 5.91. The molecule has 2 fully saturated rings. The molecule has 3 atom stereocenters. The van der Waals surface area contributed by atoms with E-state index in [4.69, 9.17) is 4.99 Å². The van der Waals surface area contributed by atoms with Crippen LogP contribution in [0.15, 0.2) is 4.99 Å². The fourth-order valence-corrected chi connectivity index (χ4v) is 4.46. The van der Waals surface area contributed by atoms with Crippen LogP contribution in [-0.4, -0.2) is 35.4 Å². The van der Waals surface area contributed by atoms with E-state index >= 15 is 0 Å². The SMILES string of the molecule is C[C@@H]1C[C@H](C)CN(C2=NC3(CCCCC3)[C@H](C#N)C(=O)N2)C1. The Hall–Kier alpha value is -1.57. The third kappa shape index (κ3) is 2.71. The molecule has 5 nitrogen and oxygen atoms in total. The van der Waals surface area contributed by atoms with E-state index in [0.29, 0.717) is 11.8 Å². The molecule has 0 unspecified atom stereocenters. The van der Waals surface area contributed by atoms with Crippen molar-refractivity contribution in [2.75, 3.05) is 13.1 Å². The fourth-order valence-electron chi connectivity index (χ4n) is 4.46. The molecule has 2 aliphatic heterocycles. The summed E-state index contributed by atoms with van der Waals surface area (Å²) in [5.41, 5.74) is -0.478. The lowest BCUT2D eigenvalue weighted by Gasteiger charge is -2.44. The van der Waals surface area contributed by atoms with E-state index in [9.17, 15) is 10.1 Å². The number of nitrogens with one attached hydrogen (secondary N) is 1. The Bertz CT molecular complexity index is 505. The van der Waals surface area contributed by atoms with Crippen molar-refractivity contribution in [1.29, 1.82) is 5.26 Å². The Morgan fingerprint density at radius 2 is 1.86 bits per heavy atom. The van der Waals surface area contributed by atoms with Crippen LogP contribution in [0.1, 0.15) is 52.4 Å². The molecule has 0 aromatic rings. The molecule has 0 aromatic carbocycles. The van der Waals surface area contributed by atoms with E-state index in [1.54, 1.807) is 0 Å². The molecule has 3 rings (SSSR count). The maximum atomic E-state index is 12.5. The third-order valence-corrected chi connectivity index (χ3v) is 5.38. The number of nitriles is 1. The van der Waals surface area contributed by atoms with E-state index in [-0.39, 0.29) is 5.91 Å². The largest absolute Gasteiger partial charge is 0.342 e. The summed E-state index contributed by atoms with van der Waals surface area (Å²) in [7, 11) is 0. The predicted octanol–water partition coefficient (Wildman–Crippen LogP) is 2.29. The summed E-state index contributed by atoms with van der Waals surface area (Å²) >= 11 is 0. The second-order valence-corrected chi connectivity index (χ2v) is 7.50. The number of likely N-dealkylation sites (tertiary alicyclic amines) is 1. The maximum Gasteiger partial charge on any atom is 0.246 e. The lowest BCUT2D eigenvalue weighted by Crippen LogP contribution is -2.59. The Balaban J connectivity index is 1.91. The Morgan fingerprint density at radius 1 is 1.23 bits per heavy atom. The van der Waals surface area contributed by atoms with Crippen LogP contribution in [0.4, 0.5) is 0 Å². The smallest absolute Gasteiger partial charge is 0.246 e. The average Bonchev–Trinajstić information content (AvgIpc) is 2.47. The molecule has 120 valence electrons.